The largest absolute Gasteiger partial charge is 0.488 e. The number of ether oxygens (including phenoxy) is 1. The second-order valence-corrected chi connectivity index (χ2v) is 5.65. The monoisotopic (exact) mass is 275 g/mol. The van der Waals surface area contributed by atoms with Crippen molar-refractivity contribution in [2.45, 2.75) is 32.9 Å². The molecule has 0 radical (unpaired) electrons. The average Bonchev–Trinajstić information content (AvgIpc) is 2.96. The van der Waals surface area contributed by atoms with Gasteiger partial charge in [0, 0.05) is 10.9 Å². The zero-order valence-corrected chi connectivity index (χ0v) is 12.4. The van der Waals surface area contributed by atoms with E-state index in [0.29, 0.717) is 12.6 Å². The summed E-state index contributed by atoms with van der Waals surface area (Å²) in [6.07, 6.45) is 1.15. The van der Waals surface area contributed by atoms with E-state index in [2.05, 4.69) is 54.9 Å². The van der Waals surface area contributed by atoms with Gasteiger partial charge in [0.05, 0.1) is 0 Å². The highest BCUT2D eigenvalue weighted by atomic mass is 32.1. The Morgan fingerprint density at radius 2 is 2.16 bits per heavy atom. The van der Waals surface area contributed by atoms with Crippen molar-refractivity contribution in [2.24, 2.45) is 0 Å². The summed E-state index contributed by atoms with van der Waals surface area (Å²) in [6, 6.07) is 12.9. The third kappa shape index (κ3) is 4.37. The molecule has 0 fully saturated rings. The summed E-state index contributed by atoms with van der Waals surface area (Å²) in [4.78, 5) is 1.25. The highest BCUT2D eigenvalue weighted by molar-refractivity contribution is 7.09. The molecule has 3 heteroatoms. The van der Waals surface area contributed by atoms with Crippen LogP contribution in [0.3, 0.4) is 0 Å². The fourth-order valence-electron chi connectivity index (χ4n) is 1.90. The van der Waals surface area contributed by atoms with E-state index >= 15 is 0 Å². The fourth-order valence-corrected chi connectivity index (χ4v) is 2.52. The first-order valence-corrected chi connectivity index (χ1v) is 7.66. The molecule has 0 bridgehead atoms. The van der Waals surface area contributed by atoms with Gasteiger partial charge in [-0.15, -0.1) is 11.3 Å². The zero-order chi connectivity index (χ0) is 13.5. The maximum atomic E-state index is 5.83. The van der Waals surface area contributed by atoms with Crippen molar-refractivity contribution in [1.82, 2.24) is 5.32 Å². The summed E-state index contributed by atoms with van der Waals surface area (Å²) in [6.45, 7) is 6.06. The number of hydrogen-bond donors (Lipinski definition) is 1. The Morgan fingerprint density at radius 3 is 2.89 bits per heavy atom. The van der Waals surface area contributed by atoms with E-state index in [1.165, 1.54) is 10.4 Å². The highest BCUT2D eigenvalue weighted by Crippen LogP contribution is 2.20. The first kappa shape index (κ1) is 14.1. The van der Waals surface area contributed by atoms with Crippen molar-refractivity contribution in [2.75, 3.05) is 6.54 Å². The minimum Gasteiger partial charge on any atom is -0.488 e. The Hall–Kier alpha value is -1.32. The van der Waals surface area contributed by atoms with Gasteiger partial charge in [0.1, 0.15) is 12.4 Å². The minimum absolute atomic E-state index is 0.366. The molecule has 0 saturated carbocycles. The van der Waals surface area contributed by atoms with Gasteiger partial charge in [0.15, 0.2) is 0 Å². The van der Waals surface area contributed by atoms with Gasteiger partial charge in [0.2, 0.25) is 0 Å². The van der Waals surface area contributed by atoms with E-state index in [9.17, 15) is 0 Å². The summed E-state index contributed by atoms with van der Waals surface area (Å²) >= 11 is 1.73. The van der Waals surface area contributed by atoms with Crippen LogP contribution < -0.4 is 10.1 Å². The van der Waals surface area contributed by atoms with Gasteiger partial charge in [-0.05, 0) is 49.0 Å². The second kappa shape index (κ2) is 7.31. The number of hydrogen-bond acceptors (Lipinski definition) is 3. The molecule has 1 aromatic carbocycles. The Morgan fingerprint density at radius 1 is 1.26 bits per heavy atom. The summed E-state index contributed by atoms with van der Waals surface area (Å²) in [5.74, 6) is 0.941. The van der Waals surface area contributed by atoms with Gasteiger partial charge in [-0.25, -0.2) is 0 Å². The predicted molar refractivity (Wildman–Crippen MR) is 81.8 cm³/mol. The molecule has 1 N–H and O–H groups in total. The van der Waals surface area contributed by atoms with Crippen LogP contribution in [0.1, 0.15) is 36.8 Å². The summed E-state index contributed by atoms with van der Waals surface area (Å²) < 4.78 is 5.83. The lowest BCUT2D eigenvalue weighted by molar-refractivity contribution is 0.309. The van der Waals surface area contributed by atoms with Crippen LogP contribution >= 0.6 is 11.3 Å². The average molecular weight is 275 g/mol. The molecule has 1 unspecified atom stereocenters. The second-order valence-electron chi connectivity index (χ2n) is 4.62. The summed E-state index contributed by atoms with van der Waals surface area (Å²) in [5, 5.41) is 5.57. The van der Waals surface area contributed by atoms with Crippen molar-refractivity contribution in [3.05, 3.63) is 52.2 Å². The molecule has 0 saturated heterocycles. The highest BCUT2D eigenvalue weighted by Gasteiger charge is 2.05. The molecule has 1 aromatic heterocycles. The number of rotatable bonds is 7. The van der Waals surface area contributed by atoms with Crippen LogP contribution in [0, 0.1) is 0 Å². The molecule has 0 aliphatic rings. The van der Waals surface area contributed by atoms with E-state index in [1.54, 1.807) is 11.3 Å². The molecule has 102 valence electrons. The Labute approximate surface area is 119 Å². The number of thiophene rings is 1. The molecule has 1 atom stereocenters. The first-order chi connectivity index (χ1) is 9.29. The van der Waals surface area contributed by atoms with Gasteiger partial charge in [-0.2, -0.15) is 0 Å². The van der Waals surface area contributed by atoms with Gasteiger partial charge >= 0.3 is 0 Å². The lowest BCUT2D eigenvalue weighted by Gasteiger charge is -2.15. The quantitative estimate of drug-likeness (QED) is 0.809. The van der Waals surface area contributed by atoms with E-state index in [4.69, 9.17) is 4.74 Å². The lowest BCUT2D eigenvalue weighted by Crippen LogP contribution is -2.19. The third-order valence-electron chi connectivity index (χ3n) is 3.02. The molecule has 1 heterocycles. The fraction of sp³-hybridized carbons (Fsp3) is 0.375. The molecule has 2 rings (SSSR count). The maximum Gasteiger partial charge on any atom is 0.122 e. The van der Waals surface area contributed by atoms with E-state index in [-0.39, 0.29) is 0 Å². The SMILES string of the molecule is CCCNC(C)c1cccc(OCc2cccs2)c1. The molecule has 19 heavy (non-hydrogen) atoms. The number of nitrogens with one attached hydrogen (secondary N) is 1. The normalized spacial score (nSPS) is 12.3. The van der Waals surface area contributed by atoms with Crippen molar-refractivity contribution in [3.8, 4) is 5.75 Å². The van der Waals surface area contributed by atoms with Crippen molar-refractivity contribution in [1.29, 1.82) is 0 Å². The molecular weight excluding hydrogens is 254 g/mol. The van der Waals surface area contributed by atoms with E-state index in [0.717, 1.165) is 18.7 Å². The van der Waals surface area contributed by atoms with Gasteiger partial charge in [0.25, 0.3) is 0 Å². The Balaban J connectivity index is 1.94. The van der Waals surface area contributed by atoms with Crippen LogP contribution in [0.25, 0.3) is 0 Å². The predicted octanol–water partition coefficient (Wildman–Crippen LogP) is 4.39. The van der Waals surface area contributed by atoms with Crippen molar-refractivity contribution >= 4 is 11.3 Å². The minimum atomic E-state index is 0.366. The van der Waals surface area contributed by atoms with Crippen LogP contribution in [-0.4, -0.2) is 6.54 Å². The van der Waals surface area contributed by atoms with Gasteiger partial charge in [-0.3, -0.25) is 0 Å². The van der Waals surface area contributed by atoms with Crippen LogP contribution in [-0.2, 0) is 6.61 Å². The van der Waals surface area contributed by atoms with E-state index in [1.807, 2.05) is 6.07 Å². The Kier molecular flexibility index (Phi) is 5.43. The van der Waals surface area contributed by atoms with Gasteiger partial charge < -0.3 is 10.1 Å². The van der Waals surface area contributed by atoms with Crippen LogP contribution in [0.15, 0.2) is 41.8 Å². The van der Waals surface area contributed by atoms with E-state index < -0.39 is 0 Å². The summed E-state index contributed by atoms with van der Waals surface area (Å²) in [7, 11) is 0. The Bertz CT molecular complexity index is 481. The third-order valence-corrected chi connectivity index (χ3v) is 3.87. The smallest absolute Gasteiger partial charge is 0.122 e. The van der Waals surface area contributed by atoms with Gasteiger partial charge in [-0.1, -0.05) is 25.1 Å². The molecule has 0 aliphatic carbocycles. The molecule has 2 nitrogen and oxygen atoms in total. The maximum absolute atomic E-state index is 5.83. The molecular formula is C16H21NOS. The molecule has 0 aliphatic heterocycles. The van der Waals surface area contributed by atoms with Crippen LogP contribution in [0.4, 0.5) is 0 Å². The molecule has 2 aromatic rings. The first-order valence-electron chi connectivity index (χ1n) is 6.78. The molecule has 0 spiro atoms. The molecule has 0 amide bonds. The summed E-state index contributed by atoms with van der Waals surface area (Å²) in [5.41, 5.74) is 1.28. The van der Waals surface area contributed by atoms with Crippen LogP contribution in [0.2, 0.25) is 0 Å². The zero-order valence-electron chi connectivity index (χ0n) is 11.6. The van der Waals surface area contributed by atoms with Crippen LogP contribution in [0.5, 0.6) is 5.75 Å². The number of benzene rings is 1. The van der Waals surface area contributed by atoms with Crippen molar-refractivity contribution < 1.29 is 4.74 Å². The van der Waals surface area contributed by atoms with Crippen molar-refractivity contribution in [3.63, 3.8) is 0 Å². The standard InChI is InChI=1S/C16H21NOS/c1-3-9-17-13(2)14-6-4-7-15(11-14)18-12-16-8-5-10-19-16/h4-8,10-11,13,17H,3,9,12H2,1-2H3. The lowest BCUT2D eigenvalue weighted by atomic mass is 10.1. The topological polar surface area (TPSA) is 21.3 Å².